The summed E-state index contributed by atoms with van der Waals surface area (Å²) < 4.78 is 25.0. The number of benzene rings is 1. The van der Waals surface area contributed by atoms with Crippen LogP contribution in [0, 0.1) is 6.92 Å². The zero-order chi connectivity index (χ0) is 17.8. The highest BCUT2D eigenvalue weighted by atomic mass is 16.2. The quantitative estimate of drug-likeness (QED) is 0.627. The van der Waals surface area contributed by atoms with Crippen LogP contribution in [-0.4, -0.2) is 21.1 Å². The Hall–Kier alpha value is -2.50. The molecule has 1 heterocycles. The lowest BCUT2D eigenvalue weighted by Crippen LogP contribution is -2.36. The number of carbonyl (C=O) groups is 2. The molecule has 1 unspecified atom stereocenters. The largest absolute Gasteiger partial charge is 0.398 e. The Bertz CT molecular complexity index is 970. The average Bonchev–Trinajstić information content (AvgIpc) is 2.49. The monoisotopic (exact) mass is 288 g/mol. The van der Waals surface area contributed by atoms with Crippen molar-refractivity contribution in [3.05, 3.63) is 34.3 Å². The Balaban J connectivity index is 2.38. The van der Waals surface area contributed by atoms with Crippen molar-refractivity contribution < 1.29 is 13.7 Å². The minimum absolute atomic E-state index is 0.0246. The van der Waals surface area contributed by atoms with Gasteiger partial charge in [0.05, 0.1) is 27.5 Å². The van der Waals surface area contributed by atoms with Crippen molar-refractivity contribution >= 4 is 28.2 Å². The van der Waals surface area contributed by atoms with Gasteiger partial charge >= 0.3 is 0 Å². The first-order valence-corrected chi connectivity index (χ1v) is 6.51. The Morgan fingerprint density at radius 3 is 2.90 bits per heavy atom. The number of fused-ring (bicyclic) bond motifs is 1. The fourth-order valence-corrected chi connectivity index (χ4v) is 2.55. The summed E-state index contributed by atoms with van der Waals surface area (Å²) in [6, 6.07) is -1.05. The summed E-state index contributed by atoms with van der Waals surface area (Å²) >= 11 is 0. The molecule has 2 aromatic rings. The van der Waals surface area contributed by atoms with Crippen molar-refractivity contribution in [1.82, 2.24) is 9.55 Å². The lowest BCUT2D eigenvalue weighted by Gasteiger charge is -2.24. The van der Waals surface area contributed by atoms with Crippen LogP contribution in [-0.2, 0) is 9.59 Å². The van der Waals surface area contributed by atoms with Gasteiger partial charge in [-0.3, -0.25) is 19.0 Å². The molecule has 0 saturated heterocycles. The van der Waals surface area contributed by atoms with Crippen LogP contribution >= 0.6 is 0 Å². The maximum Gasteiger partial charge on any atom is 0.264 e. The molecule has 6 heteroatoms. The number of aryl methyl sites for hydroxylation is 1. The molecular formula is C15H15N3O3. The van der Waals surface area contributed by atoms with Gasteiger partial charge in [0.25, 0.3) is 5.56 Å². The number of aromatic nitrogens is 2. The Morgan fingerprint density at radius 1 is 1.43 bits per heavy atom. The van der Waals surface area contributed by atoms with E-state index >= 15 is 0 Å². The highest BCUT2D eigenvalue weighted by Gasteiger charge is 2.30. The van der Waals surface area contributed by atoms with Crippen LogP contribution in [0.25, 0.3) is 10.9 Å². The number of nitrogen functional groups attached to an aromatic ring is 1. The molecule has 0 spiro atoms. The van der Waals surface area contributed by atoms with Gasteiger partial charge in [-0.25, -0.2) is 4.98 Å². The van der Waals surface area contributed by atoms with Gasteiger partial charge in [0.2, 0.25) is 0 Å². The van der Waals surface area contributed by atoms with E-state index in [-0.39, 0.29) is 53.1 Å². The molecule has 3 rings (SSSR count). The molecule has 1 aromatic carbocycles. The fraction of sp³-hybridized carbons (Fsp3) is 0.333. The second kappa shape index (κ2) is 4.80. The molecular weight excluding hydrogens is 270 g/mol. The molecule has 0 bridgehead atoms. The summed E-state index contributed by atoms with van der Waals surface area (Å²) in [5.74, 6) is -0.837. The second-order valence-electron chi connectivity index (χ2n) is 4.96. The molecule has 6 nitrogen and oxygen atoms in total. The van der Waals surface area contributed by atoms with Gasteiger partial charge in [0.1, 0.15) is 11.6 Å². The number of hydrogen-bond donors (Lipinski definition) is 1. The molecule has 1 fully saturated rings. The van der Waals surface area contributed by atoms with E-state index in [0.717, 1.165) is 4.57 Å². The van der Waals surface area contributed by atoms with E-state index in [9.17, 15) is 14.4 Å². The Morgan fingerprint density at radius 2 is 2.19 bits per heavy atom. The van der Waals surface area contributed by atoms with Crippen LogP contribution in [0.2, 0.25) is 0 Å². The lowest BCUT2D eigenvalue weighted by molar-refractivity contribution is -0.132. The van der Waals surface area contributed by atoms with Crippen molar-refractivity contribution in [2.24, 2.45) is 0 Å². The molecule has 0 aliphatic heterocycles. The summed E-state index contributed by atoms with van der Waals surface area (Å²) in [6.07, 6.45) is -0.491. The number of carbonyl (C=O) groups excluding carboxylic acids is 2. The number of ketones is 2. The van der Waals surface area contributed by atoms with Crippen LogP contribution in [0.15, 0.2) is 22.9 Å². The van der Waals surface area contributed by atoms with Gasteiger partial charge < -0.3 is 5.73 Å². The molecule has 1 aromatic heterocycles. The zero-order valence-corrected chi connectivity index (χ0v) is 11.4. The molecule has 1 aliphatic carbocycles. The maximum absolute atomic E-state index is 12.9. The maximum atomic E-state index is 12.9. The number of rotatable bonds is 1. The van der Waals surface area contributed by atoms with Crippen molar-refractivity contribution in [3.63, 3.8) is 0 Å². The smallest absolute Gasteiger partial charge is 0.264 e. The summed E-state index contributed by atoms with van der Waals surface area (Å²) in [4.78, 5) is 40.8. The summed E-state index contributed by atoms with van der Waals surface area (Å²) in [5.41, 5.74) is 4.96. The third-order valence-electron chi connectivity index (χ3n) is 3.55. The summed E-state index contributed by atoms with van der Waals surface area (Å²) in [7, 11) is 0. The van der Waals surface area contributed by atoms with E-state index in [2.05, 4.69) is 4.98 Å². The minimum Gasteiger partial charge on any atom is -0.398 e. The first-order chi connectivity index (χ1) is 11.2. The second-order valence-corrected chi connectivity index (χ2v) is 4.96. The molecule has 21 heavy (non-hydrogen) atoms. The van der Waals surface area contributed by atoms with E-state index < -0.39 is 23.8 Å². The predicted octanol–water partition coefficient (Wildman–Crippen LogP) is 1.15. The van der Waals surface area contributed by atoms with Crippen molar-refractivity contribution in [1.29, 1.82) is 0 Å². The predicted molar refractivity (Wildman–Crippen MR) is 78.1 cm³/mol. The topological polar surface area (TPSA) is 95.0 Å². The lowest BCUT2D eigenvalue weighted by atomic mass is 9.92. The molecule has 1 atom stereocenters. The molecule has 108 valence electrons. The first kappa shape index (κ1) is 10.3. The molecule has 0 amide bonds. The van der Waals surface area contributed by atoms with E-state index in [1.807, 2.05) is 0 Å². The van der Waals surface area contributed by atoms with E-state index in [0.29, 0.717) is 0 Å². The van der Waals surface area contributed by atoms with Crippen molar-refractivity contribution in [2.75, 3.05) is 5.73 Å². The number of Topliss-reactive ketones (excluding diaryl/α,β-unsaturated/α-hetero) is 2. The van der Waals surface area contributed by atoms with Gasteiger partial charge in [0.15, 0.2) is 5.78 Å². The van der Waals surface area contributed by atoms with Crippen LogP contribution in [0.4, 0.5) is 5.69 Å². The van der Waals surface area contributed by atoms with E-state index in [4.69, 9.17) is 9.85 Å². The number of anilines is 1. The third-order valence-corrected chi connectivity index (χ3v) is 3.55. The average molecular weight is 288 g/mol. The van der Waals surface area contributed by atoms with Crippen molar-refractivity contribution in [3.8, 4) is 0 Å². The van der Waals surface area contributed by atoms with Gasteiger partial charge in [-0.1, -0.05) is 6.07 Å². The Labute approximate surface area is 124 Å². The van der Waals surface area contributed by atoms with Crippen LogP contribution in [0.5, 0.6) is 0 Å². The number of hydrogen-bond acceptors (Lipinski definition) is 5. The third kappa shape index (κ3) is 2.12. The van der Waals surface area contributed by atoms with Crippen LogP contribution in [0.1, 0.15) is 35.2 Å². The molecule has 1 saturated carbocycles. The standard InChI is InChI=1S/C15H15N3O3/c1-8-17-11-4-2-3-10(16)14(11)15(21)18(8)12-6-5-9(19)7-13(12)20/h2-4,12H,5-7,16H2,1H3/i3D,4D,12D. The van der Waals surface area contributed by atoms with Crippen molar-refractivity contribution in [2.45, 2.75) is 32.2 Å². The highest BCUT2D eigenvalue weighted by molar-refractivity contribution is 6.03. The van der Waals surface area contributed by atoms with Gasteiger partial charge in [-0.05, 0) is 25.4 Å². The van der Waals surface area contributed by atoms with Gasteiger partial charge in [0, 0.05) is 12.1 Å². The normalized spacial score (nSPS) is 24.7. The number of nitrogens with zero attached hydrogens (tertiary/aromatic N) is 2. The Kier molecular flexibility index (Phi) is 2.35. The van der Waals surface area contributed by atoms with E-state index in [1.165, 1.54) is 13.0 Å². The molecule has 2 N–H and O–H groups in total. The van der Waals surface area contributed by atoms with E-state index in [1.54, 1.807) is 0 Å². The minimum atomic E-state index is -1.93. The zero-order valence-electron chi connectivity index (χ0n) is 14.4. The first-order valence-electron chi connectivity index (χ1n) is 8.01. The fourth-order valence-electron chi connectivity index (χ4n) is 2.55. The summed E-state index contributed by atoms with van der Waals surface area (Å²) in [6.45, 7) is 1.46. The van der Waals surface area contributed by atoms with Gasteiger partial charge in [-0.2, -0.15) is 0 Å². The van der Waals surface area contributed by atoms with Crippen LogP contribution in [0.3, 0.4) is 0 Å². The summed E-state index contributed by atoms with van der Waals surface area (Å²) in [5, 5.41) is -0.144. The van der Waals surface area contributed by atoms with Gasteiger partial charge in [-0.15, -0.1) is 0 Å². The number of nitrogens with two attached hydrogens (primary N) is 1. The molecule has 1 aliphatic rings. The molecule has 0 radical (unpaired) electrons. The SMILES string of the molecule is [2H]c1cc([2H])c2nc(C)n(C3([2H])CCC(=O)CC3=O)c(=O)c2c1N. The van der Waals surface area contributed by atoms with Crippen LogP contribution < -0.4 is 11.3 Å². The highest BCUT2D eigenvalue weighted by Crippen LogP contribution is 2.24.